The Balaban J connectivity index is 1.91. The minimum absolute atomic E-state index is 0.112. The number of rotatable bonds is 4. The van der Waals surface area contributed by atoms with Crippen LogP contribution in [0.2, 0.25) is 0 Å². The summed E-state index contributed by atoms with van der Waals surface area (Å²) in [4.78, 5) is 2.26. The number of hydrogen-bond donors (Lipinski definition) is 1. The van der Waals surface area contributed by atoms with Crippen LogP contribution in [0.3, 0.4) is 0 Å². The Hall–Kier alpha value is -1.06. The molecular formula is C14H21NO2. The second kappa shape index (κ2) is 6.03. The highest BCUT2D eigenvalue weighted by Gasteiger charge is 2.15. The average molecular weight is 235 g/mol. The summed E-state index contributed by atoms with van der Waals surface area (Å²) in [6.45, 7) is 2.96. The predicted molar refractivity (Wildman–Crippen MR) is 69.2 cm³/mol. The molecule has 1 unspecified atom stereocenters. The zero-order chi connectivity index (χ0) is 12.1. The van der Waals surface area contributed by atoms with Gasteiger partial charge in [0.25, 0.3) is 0 Å². The van der Waals surface area contributed by atoms with Crippen molar-refractivity contribution in [1.29, 1.82) is 0 Å². The van der Waals surface area contributed by atoms with E-state index < -0.39 is 0 Å². The molecule has 1 saturated heterocycles. The fraction of sp³-hybridized carbons (Fsp3) is 0.571. The maximum Gasteiger partial charge on any atom is 0.0681 e. The molecule has 0 radical (unpaired) electrons. The van der Waals surface area contributed by atoms with Gasteiger partial charge >= 0.3 is 0 Å². The summed E-state index contributed by atoms with van der Waals surface area (Å²) < 4.78 is 5.50. The first-order chi connectivity index (χ1) is 8.29. The second-order valence-electron chi connectivity index (χ2n) is 4.79. The number of hydrogen-bond acceptors (Lipinski definition) is 3. The fourth-order valence-electron chi connectivity index (χ4n) is 2.30. The van der Waals surface area contributed by atoms with Crippen molar-refractivity contribution >= 4 is 5.69 Å². The lowest BCUT2D eigenvalue weighted by Crippen LogP contribution is -2.30. The molecule has 3 nitrogen and oxygen atoms in total. The fourth-order valence-corrected chi connectivity index (χ4v) is 2.30. The molecule has 1 atom stereocenters. The van der Waals surface area contributed by atoms with E-state index >= 15 is 0 Å². The van der Waals surface area contributed by atoms with Gasteiger partial charge in [-0.25, -0.2) is 0 Å². The van der Waals surface area contributed by atoms with E-state index in [0.29, 0.717) is 5.92 Å². The van der Waals surface area contributed by atoms with Crippen LogP contribution in [0.4, 0.5) is 5.69 Å². The molecule has 1 aromatic carbocycles. The summed E-state index contributed by atoms with van der Waals surface area (Å²) in [5.41, 5.74) is 2.16. The van der Waals surface area contributed by atoms with Gasteiger partial charge in [0.05, 0.1) is 13.2 Å². The van der Waals surface area contributed by atoms with Crippen LogP contribution in [0.25, 0.3) is 0 Å². The van der Waals surface area contributed by atoms with Crippen LogP contribution >= 0.6 is 0 Å². The highest BCUT2D eigenvalue weighted by molar-refractivity contribution is 5.46. The normalized spacial score (nSPS) is 20.2. The van der Waals surface area contributed by atoms with Crippen LogP contribution in [0.1, 0.15) is 18.4 Å². The van der Waals surface area contributed by atoms with E-state index in [4.69, 9.17) is 9.84 Å². The van der Waals surface area contributed by atoms with Gasteiger partial charge in [0.2, 0.25) is 0 Å². The number of anilines is 1. The maximum absolute atomic E-state index is 9.00. The number of nitrogens with zero attached hydrogens (tertiary/aromatic N) is 1. The van der Waals surface area contributed by atoms with Crippen molar-refractivity contribution in [1.82, 2.24) is 0 Å². The van der Waals surface area contributed by atoms with Crippen molar-refractivity contribution in [2.45, 2.75) is 19.4 Å². The largest absolute Gasteiger partial charge is 0.392 e. The van der Waals surface area contributed by atoms with Crippen molar-refractivity contribution in [2.75, 3.05) is 31.7 Å². The summed E-state index contributed by atoms with van der Waals surface area (Å²) in [7, 11) is 2.11. The third-order valence-corrected chi connectivity index (χ3v) is 3.35. The minimum Gasteiger partial charge on any atom is -0.392 e. The van der Waals surface area contributed by atoms with E-state index in [1.165, 1.54) is 18.5 Å². The van der Waals surface area contributed by atoms with Crippen LogP contribution in [0.5, 0.6) is 0 Å². The van der Waals surface area contributed by atoms with E-state index in [0.717, 1.165) is 25.3 Å². The Labute approximate surface area is 103 Å². The molecule has 1 heterocycles. The van der Waals surface area contributed by atoms with Gasteiger partial charge in [0.1, 0.15) is 0 Å². The molecule has 1 aliphatic heterocycles. The van der Waals surface area contributed by atoms with Crippen molar-refractivity contribution in [2.24, 2.45) is 5.92 Å². The van der Waals surface area contributed by atoms with E-state index in [-0.39, 0.29) is 6.61 Å². The lowest BCUT2D eigenvalue weighted by Gasteiger charge is -2.28. The smallest absolute Gasteiger partial charge is 0.0681 e. The van der Waals surface area contributed by atoms with E-state index in [1.54, 1.807) is 0 Å². The van der Waals surface area contributed by atoms with Crippen molar-refractivity contribution in [3.8, 4) is 0 Å². The molecule has 0 spiro atoms. The average Bonchev–Trinajstić information content (AvgIpc) is 2.40. The molecule has 17 heavy (non-hydrogen) atoms. The molecule has 1 fully saturated rings. The Morgan fingerprint density at radius 2 is 2.12 bits per heavy atom. The summed E-state index contributed by atoms with van der Waals surface area (Å²) in [5, 5.41) is 9.00. The maximum atomic E-state index is 9.00. The lowest BCUT2D eigenvalue weighted by molar-refractivity contribution is 0.0576. The zero-order valence-electron chi connectivity index (χ0n) is 10.4. The Morgan fingerprint density at radius 1 is 1.35 bits per heavy atom. The molecule has 0 aromatic heterocycles. The van der Waals surface area contributed by atoms with Gasteiger partial charge in [-0.3, -0.25) is 0 Å². The lowest BCUT2D eigenvalue weighted by atomic mass is 10.0. The SMILES string of the molecule is CN(CC1CCCOC1)c1ccc(CO)cc1. The Morgan fingerprint density at radius 3 is 2.71 bits per heavy atom. The predicted octanol–water partition coefficient (Wildman–Crippen LogP) is 2.04. The zero-order valence-corrected chi connectivity index (χ0v) is 10.4. The van der Waals surface area contributed by atoms with Crippen LogP contribution in [-0.2, 0) is 11.3 Å². The van der Waals surface area contributed by atoms with Gasteiger partial charge in [0.15, 0.2) is 0 Å². The molecule has 0 aliphatic carbocycles. The van der Waals surface area contributed by atoms with E-state index in [1.807, 2.05) is 12.1 Å². The molecule has 1 aliphatic rings. The molecule has 0 saturated carbocycles. The van der Waals surface area contributed by atoms with Crippen LogP contribution in [0, 0.1) is 5.92 Å². The minimum atomic E-state index is 0.112. The molecule has 3 heteroatoms. The molecular weight excluding hydrogens is 214 g/mol. The van der Waals surface area contributed by atoms with Gasteiger partial charge < -0.3 is 14.7 Å². The highest BCUT2D eigenvalue weighted by Crippen LogP contribution is 2.19. The van der Waals surface area contributed by atoms with Crippen LogP contribution < -0.4 is 4.90 Å². The topological polar surface area (TPSA) is 32.7 Å². The summed E-state index contributed by atoms with van der Waals surface area (Å²) in [5.74, 6) is 0.645. The Kier molecular flexibility index (Phi) is 4.40. The molecule has 1 aromatic rings. The van der Waals surface area contributed by atoms with E-state index in [2.05, 4.69) is 24.1 Å². The standard InChI is InChI=1S/C14H21NO2/c1-15(9-13-3-2-8-17-11-13)14-6-4-12(10-16)5-7-14/h4-7,13,16H,2-3,8-11H2,1H3. The number of benzene rings is 1. The van der Waals surface area contributed by atoms with Crippen LogP contribution in [-0.4, -0.2) is 31.9 Å². The van der Waals surface area contributed by atoms with Gasteiger partial charge in [-0.1, -0.05) is 12.1 Å². The van der Waals surface area contributed by atoms with Gasteiger partial charge in [-0.2, -0.15) is 0 Å². The third kappa shape index (κ3) is 3.45. The van der Waals surface area contributed by atoms with Gasteiger partial charge in [0, 0.05) is 25.9 Å². The van der Waals surface area contributed by atoms with Crippen molar-refractivity contribution in [3.63, 3.8) is 0 Å². The second-order valence-corrected chi connectivity index (χ2v) is 4.79. The van der Waals surface area contributed by atoms with Crippen molar-refractivity contribution < 1.29 is 9.84 Å². The summed E-state index contributed by atoms with van der Waals surface area (Å²) in [6.07, 6.45) is 2.45. The first kappa shape index (κ1) is 12.4. The molecule has 2 rings (SSSR count). The molecule has 94 valence electrons. The summed E-state index contributed by atoms with van der Waals surface area (Å²) in [6, 6.07) is 8.08. The monoisotopic (exact) mass is 235 g/mol. The quantitative estimate of drug-likeness (QED) is 0.867. The first-order valence-electron chi connectivity index (χ1n) is 6.28. The first-order valence-corrected chi connectivity index (χ1v) is 6.28. The van der Waals surface area contributed by atoms with Crippen molar-refractivity contribution in [3.05, 3.63) is 29.8 Å². The van der Waals surface area contributed by atoms with Gasteiger partial charge in [-0.15, -0.1) is 0 Å². The van der Waals surface area contributed by atoms with Gasteiger partial charge in [-0.05, 0) is 36.5 Å². The number of ether oxygens (including phenoxy) is 1. The Bertz CT molecular complexity index is 331. The highest BCUT2D eigenvalue weighted by atomic mass is 16.5. The molecule has 0 amide bonds. The third-order valence-electron chi connectivity index (χ3n) is 3.35. The van der Waals surface area contributed by atoms with Crippen LogP contribution in [0.15, 0.2) is 24.3 Å². The van der Waals surface area contributed by atoms with E-state index in [9.17, 15) is 0 Å². The molecule has 1 N–H and O–H groups in total. The number of aliphatic hydroxyl groups is 1. The number of aliphatic hydroxyl groups excluding tert-OH is 1. The summed E-state index contributed by atoms with van der Waals surface area (Å²) >= 11 is 0. The molecule has 0 bridgehead atoms.